The van der Waals surface area contributed by atoms with Gasteiger partial charge in [-0.3, -0.25) is 9.78 Å². The topological polar surface area (TPSA) is 54.0 Å². The van der Waals surface area contributed by atoms with E-state index in [1.807, 2.05) is 25.1 Å². The van der Waals surface area contributed by atoms with E-state index in [4.69, 9.17) is 0 Å². The molecule has 0 atom stereocenters. The van der Waals surface area contributed by atoms with Gasteiger partial charge in [0.15, 0.2) is 0 Å². The second-order valence-electron chi connectivity index (χ2n) is 4.37. The minimum Gasteiger partial charge on any atom is -0.385 e. The molecule has 0 aliphatic carbocycles. The van der Waals surface area contributed by atoms with Gasteiger partial charge < -0.3 is 10.6 Å². The molecular formula is C15H16FN3O. The minimum atomic E-state index is -0.450. The fraction of sp³-hybridized carbons (Fsp3) is 0.200. The van der Waals surface area contributed by atoms with Gasteiger partial charge in [-0.25, -0.2) is 4.39 Å². The third-order valence-electron chi connectivity index (χ3n) is 2.88. The van der Waals surface area contributed by atoms with Gasteiger partial charge in [-0.1, -0.05) is 12.1 Å². The highest BCUT2D eigenvalue weighted by molar-refractivity contribution is 5.99. The number of carbonyl (C=O) groups is 1. The molecule has 2 N–H and O–H groups in total. The van der Waals surface area contributed by atoms with E-state index in [2.05, 4.69) is 15.6 Å². The number of benzene rings is 1. The SMILES string of the molecule is CNc1c(F)cccc1C(=O)NCc1cccc(C)n1. The monoisotopic (exact) mass is 273 g/mol. The van der Waals surface area contributed by atoms with Gasteiger partial charge in [0.25, 0.3) is 5.91 Å². The highest BCUT2D eigenvalue weighted by Crippen LogP contribution is 2.19. The van der Waals surface area contributed by atoms with Crippen molar-refractivity contribution in [2.75, 3.05) is 12.4 Å². The second-order valence-corrected chi connectivity index (χ2v) is 4.37. The molecule has 0 saturated carbocycles. The summed E-state index contributed by atoms with van der Waals surface area (Å²) in [5.74, 6) is -0.786. The molecule has 5 heteroatoms. The maximum atomic E-state index is 13.6. The number of amides is 1. The Kier molecular flexibility index (Phi) is 4.30. The molecule has 0 spiro atoms. The summed E-state index contributed by atoms with van der Waals surface area (Å²) >= 11 is 0. The summed E-state index contributed by atoms with van der Waals surface area (Å²) in [5, 5.41) is 5.44. The van der Waals surface area contributed by atoms with E-state index in [9.17, 15) is 9.18 Å². The summed E-state index contributed by atoms with van der Waals surface area (Å²) in [6.07, 6.45) is 0. The van der Waals surface area contributed by atoms with Crippen LogP contribution in [0.4, 0.5) is 10.1 Å². The van der Waals surface area contributed by atoms with Crippen molar-refractivity contribution in [2.24, 2.45) is 0 Å². The fourth-order valence-electron chi connectivity index (χ4n) is 1.93. The van der Waals surface area contributed by atoms with Crippen molar-refractivity contribution < 1.29 is 9.18 Å². The molecule has 0 bridgehead atoms. The van der Waals surface area contributed by atoms with Crippen molar-refractivity contribution in [2.45, 2.75) is 13.5 Å². The first-order valence-corrected chi connectivity index (χ1v) is 6.29. The second kappa shape index (κ2) is 6.14. The number of para-hydroxylation sites is 1. The van der Waals surface area contributed by atoms with Crippen molar-refractivity contribution in [1.29, 1.82) is 0 Å². The van der Waals surface area contributed by atoms with Crippen molar-refractivity contribution >= 4 is 11.6 Å². The maximum absolute atomic E-state index is 13.6. The average molecular weight is 273 g/mol. The zero-order chi connectivity index (χ0) is 14.5. The van der Waals surface area contributed by atoms with Crippen molar-refractivity contribution in [3.63, 3.8) is 0 Å². The molecule has 0 aliphatic rings. The number of rotatable bonds is 4. The van der Waals surface area contributed by atoms with Gasteiger partial charge in [-0.15, -0.1) is 0 Å². The first-order chi connectivity index (χ1) is 9.61. The number of carbonyl (C=O) groups excluding carboxylic acids is 1. The van der Waals surface area contributed by atoms with Crippen LogP contribution in [0.5, 0.6) is 0 Å². The van der Waals surface area contributed by atoms with Crippen molar-refractivity contribution in [1.82, 2.24) is 10.3 Å². The van der Waals surface area contributed by atoms with Gasteiger partial charge in [-0.05, 0) is 31.2 Å². The molecule has 1 amide bonds. The third-order valence-corrected chi connectivity index (χ3v) is 2.88. The molecule has 104 valence electrons. The van der Waals surface area contributed by atoms with Gasteiger partial charge in [0, 0.05) is 12.7 Å². The molecule has 2 aromatic rings. The Morgan fingerprint density at radius 3 is 2.70 bits per heavy atom. The number of hydrogen-bond acceptors (Lipinski definition) is 3. The lowest BCUT2D eigenvalue weighted by atomic mass is 10.1. The third kappa shape index (κ3) is 3.12. The Bertz CT molecular complexity index is 628. The van der Waals surface area contributed by atoms with Crippen LogP contribution in [-0.4, -0.2) is 17.9 Å². The number of nitrogens with zero attached hydrogens (tertiary/aromatic N) is 1. The smallest absolute Gasteiger partial charge is 0.253 e. The first-order valence-electron chi connectivity index (χ1n) is 6.29. The van der Waals surface area contributed by atoms with Gasteiger partial charge in [0.05, 0.1) is 23.5 Å². The van der Waals surface area contributed by atoms with Crippen LogP contribution in [0, 0.1) is 12.7 Å². The molecule has 0 radical (unpaired) electrons. The Morgan fingerprint density at radius 2 is 2.00 bits per heavy atom. The zero-order valence-corrected chi connectivity index (χ0v) is 11.4. The van der Waals surface area contributed by atoms with Crippen LogP contribution in [0.2, 0.25) is 0 Å². The van der Waals surface area contributed by atoms with Gasteiger partial charge >= 0.3 is 0 Å². The fourth-order valence-corrected chi connectivity index (χ4v) is 1.93. The summed E-state index contributed by atoms with van der Waals surface area (Å²) in [6, 6.07) is 9.99. The quantitative estimate of drug-likeness (QED) is 0.900. The molecular weight excluding hydrogens is 257 g/mol. The molecule has 4 nitrogen and oxygen atoms in total. The molecule has 2 rings (SSSR count). The lowest BCUT2D eigenvalue weighted by Gasteiger charge is -2.10. The Hall–Kier alpha value is -2.43. The average Bonchev–Trinajstić information content (AvgIpc) is 2.44. The molecule has 1 aromatic carbocycles. The molecule has 0 saturated heterocycles. The first kappa shape index (κ1) is 14.0. The van der Waals surface area contributed by atoms with E-state index in [-0.39, 0.29) is 17.2 Å². The van der Waals surface area contributed by atoms with Crippen LogP contribution in [0.3, 0.4) is 0 Å². The molecule has 1 heterocycles. The van der Waals surface area contributed by atoms with E-state index in [1.54, 1.807) is 13.1 Å². The maximum Gasteiger partial charge on any atom is 0.253 e. The van der Waals surface area contributed by atoms with Crippen LogP contribution >= 0.6 is 0 Å². The van der Waals surface area contributed by atoms with Gasteiger partial charge in [0.1, 0.15) is 5.82 Å². The summed E-state index contributed by atoms with van der Waals surface area (Å²) in [7, 11) is 1.58. The number of aromatic nitrogens is 1. The van der Waals surface area contributed by atoms with E-state index in [0.717, 1.165) is 11.4 Å². The minimum absolute atomic E-state index is 0.196. The summed E-state index contributed by atoms with van der Waals surface area (Å²) in [6.45, 7) is 2.19. The van der Waals surface area contributed by atoms with Crippen LogP contribution < -0.4 is 10.6 Å². The zero-order valence-electron chi connectivity index (χ0n) is 11.4. The largest absolute Gasteiger partial charge is 0.385 e. The number of anilines is 1. The summed E-state index contributed by atoms with van der Waals surface area (Å²) < 4.78 is 13.6. The molecule has 1 aromatic heterocycles. The van der Waals surface area contributed by atoms with Crippen LogP contribution in [-0.2, 0) is 6.54 Å². The lowest BCUT2D eigenvalue weighted by Crippen LogP contribution is -2.24. The number of pyridine rings is 1. The summed E-state index contributed by atoms with van der Waals surface area (Å²) in [4.78, 5) is 16.4. The summed E-state index contributed by atoms with van der Waals surface area (Å²) in [5.41, 5.74) is 2.13. The van der Waals surface area contributed by atoms with Gasteiger partial charge in [0.2, 0.25) is 0 Å². The predicted octanol–water partition coefficient (Wildman–Crippen LogP) is 2.50. The Labute approximate surface area is 117 Å². The molecule has 0 aliphatic heterocycles. The molecule has 0 fully saturated rings. The van der Waals surface area contributed by atoms with E-state index in [1.165, 1.54) is 12.1 Å². The number of nitrogens with one attached hydrogen (secondary N) is 2. The van der Waals surface area contributed by atoms with Crippen LogP contribution in [0.15, 0.2) is 36.4 Å². The van der Waals surface area contributed by atoms with Crippen molar-refractivity contribution in [3.8, 4) is 0 Å². The van der Waals surface area contributed by atoms with Crippen LogP contribution in [0.1, 0.15) is 21.7 Å². The van der Waals surface area contributed by atoms with E-state index < -0.39 is 5.82 Å². The van der Waals surface area contributed by atoms with E-state index in [0.29, 0.717) is 6.54 Å². The Balaban J connectivity index is 2.11. The van der Waals surface area contributed by atoms with Gasteiger partial charge in [-0.2, -0.15) is 0 Å². The molecule has 20 heavy (non-hydrogen) atoms. The Morgan fingerprint density at radius 1 is 1.25 bits per heavy atom. The standard InChI is InChI=1S/C15H16FN3O/c1-10-5-3-6-11(19-10)9-18-15(20)12-7-4-8-13(16)14(12)17-2/h3-8,17H,9H2,1-2H3,(H,18,20). The lowest BCUT2D eigenvalue weighted by molar-refractivity contribution is 0.0951. The van der Waals surface area contributed by atoms with Crippen LogP contribution in [0.25, 0.3) is 0 Å². The molecule has 0 unspecified atom stereocenters. The number of aryl methyl sites for hydroxylation is 1. The van der Waals surface area contributed by atoms with E-state index >= 15 is 0 Å². The highest BCUT2D eigenvalue weighted by Gasteiger charge is 2.13. The van der Waals surface area contributed by atoms with Crippen molar-refractivity contribution in [3.05, 3.63) is 59.2 Å². The number of hydrogen-bond donors (Lipinski definition) is 2. The number of halogens is 1. The normalized spacial score (nSPS) is 10.2. The highest BCUT2D eigenvalue weighted by atomic mass is 19.1. The predicted molar refractivity (Wildman–Crippen MR) is 76.1 cm³/mol.